The fourth-order valence-electron chi connectivity index (χ4n) is 1.91. The van der Waals surface area contributed by atoms with Crippen molar-refractivity contribution >= 4 is 0 Å². The molecule has 0 aliphatic carbocycles. The number of nitrogens with one attached hydrogen (secondary N) is 1. The molecule has 2 N–H and O–H groups in total. The summed E-state index contributed by atoms with van der Waals surface area (Å²) in [5.74, 6) is 1.01. The van der Waals surface area contributed by atoms with Crippen LogP contribution in [0.1, 0.15) is 11.1 Å². The fourth-order valence-corrected chi connectivity index (χ4v) is 1.91. The van der Waals surface area contributed by atoms with Gasteiger partial charge in [0.15, 0.2) is 0 Å². The quantitative estimate of drug-likeness (QED) is 0.720. The van der Waals surface area contributed by atoms with E-state index in [0.717, 1.165) is 18.7 Å². The van der Waals surface area contributed by atoms with Crippen molar-refractivity contribution < 1.29 is 9.84 Å². The summed E-state index contributed by atoms with van der Waals surface area (Å²) in [6, 6.07) is 6.29. The van der Waals surface area contributed by atoms with E-state index in [0.29, 0.717) is 6.54 Å². The van der Waals surface area contributed by atoms with Gasteiger partial charge in [0.05, 0.1) is 6.61 Å². The van der Waals surface area contributed by atoms with E-state index in [4.69, 9.17) is 9.84 Å². The highest BCUT2D eigenvalue weighted by Crippen LogP contribution is 2.28. The average Bonchev–Trinajstić information content (AvgIpc) is 2.60. The number of benzene rings is 1. The van der Waals surface area contributed by atoms with Crippen LogP contribution in [0.25, 0.3) is 0 Å². The average molecular weight is 207 g/mol. The van der Waals surface area contributed by atoms with Gasteiger partial charge >= 0.3 is 0 Å². The van der Waals surface area contributed by atoms with Crippen molar-refractivity contribution in [2.45, 2.75) is 19.4 Å². The Hall–Kier alpha value is -1.06. The molecule has 0 radical (unpaired) electrons. The first-order chi connectivity index (χ1) is 7.29. The van der Waals surface area contributed by atoms with Crippen molar-refractivity contribution in [1.82, 2.24) is 5.32 Å². The summed E-state index contributed by atoms with van der Waals surface area (Å²) in [5, 5.41) is 11.8. The third-order valence-electron chi connectivity index (χ3n) is 2.62. The SMILES string of the molecule is Cc1ccc2c(c1)CC(CNCCO)O2. The molecule has 0 amide bonds. The van der Waals surface area contributed by atoms with E-state index >= 15 is 0 Å². The number of ether oxygens (including phenoxy) is 1. The normalized spacial score (nSPS) is 18.7. The third-order valence-corrected chi connectivity index (χ3v) is 2.62. The van der Waals surface area contributed by atoms with Gasteiger partial charge in [-0.3, -0.25) is 0 Å². The van der Waals surface area contributed by atoms with Gasteiger partial charge in [0.2, 0.25) is 0 Å². The number of rotatable bonds is 4. The first-order valence-corrected chi connectivity index (χ1v) is 5.37. The van der Waals surface area contributed by atoms with Gasteiger partial charge in [-0.2, -0.15) is 0 Å². The van der Waals surface area contributed by atoms with Crippen LogP contribution in [0, 0.1) is 6.92 Å². The molecule has 1 atom stereocenters. The molecule has 1 aromatic carbocycles. The zero-order valence-corrected chi connectivity index (χ0v) is 8.99. The lowest BCUT2D eigenvalue weighted by Gasteiger charge is -2.10. The molecule has 3 nitrogen and oxygen atoms in total. The molecule has 0 saturated heterocycles. The molecule has 3 heteroatoms. The second-order valence-electron chi connectivity index (χ2n) is 3.98. The highest BCUT2D eigenvalue weighted by Gasteiger charge is 2.21. The van der Waals surface area contributed by atoms with Crippen LogP contribution in [0.15, 0.2) is 18.2 Å². The summed E-state index contributed by atoms with van der Waals surface area (Å²) in [6.45, 7) is 3.71. The van der Waals surface area contributed by atoms with Gasteiger partial charge in [0.25, 0.3) is 0 Å². The molecule has 0 spiro atoms. The standard InChI is InChI=1S/C12H17NO2/c1-9-2-3-12-10(6-9)7-11(15-12)8-13-4-5-14/h2-3,6,11,13-14H,4-5,7-8H2,1H3. The minimum atomic E-state index is 0.179. The Labute approximate surface area is 90.1 Å². The Morgan fingerprint density at radius 3 is 3.20 bits per heavy atom. The van der Waals surface area contributed by atoms with Crippen LogP contribution in [-0.2, 0) is 6.42 Å². The van der Waals surface area contributed by atoms with Crippen LogP contribution in [0.2, 0.25) is 0 Å². The van der Waals surface area contributed by atoms with Crippen LogP contribution in [0.3, 0.4) is 0 Å². The van der Waals surface area contributed by atoms with Crippen LogP contribution in [0.4, 0.5) is 0 Å². The van der Waals surface area contributed by atoms with Crippen molar-refractivity contribution in [3.05, 3.63) is 29.3 Å². The van der Waals surface area contributed by atoms with Crippen LogP contribution in [-0.4, -0.2) is 30.9 Å². The molecule has 1 aromatic rings. The van der Waals surface area contributed by atoms with Gasteiger partial charge in [0.1, 0.15) is 11.9 Å². The maximum absolute atomic E-state index is 8.65. The number of aliphatic hydroxyl groups excluding tert-OH is 1. The van der Waals surface area contributed by atoms with Crippen molar-refractivity contribution in [3.8, 4) is 5.75 Å². The van der Waals surface area contributed by atoms with Gasteiger partial charge in [-0.1, -0.05) is 17.7 Å². The van der Waals surface area contributed by atoms with Crippen molar-refractivity contribution in [2.24, 2.45) is 0 Å². The molecule has 1 heterocycles. The third kappa shape index (κ3) is 2.49. The van der Waals surface area contributed by atoms with E-state index in [2.05, 4.69) is 24.4 Å². The zero-order valence-electron chi connectivity index (χ0n) is 8.99. The second kappa shape index (κ2) is 4.64. The first-order valence-electron chi connectivity index (χ1n) is 5.37. The minimum absolute atomic E-state index is 0.179. The molecule has 0 fully saturated rings. The van der Waals surface area contributed by atoms with Crippen molar-refractivity contribution in [3.63, 3.8) is 0 Å². The molecular weight excluding hydrogens is 190 g/mol. The highest BCUT2D eigenvalue weighted by molar-refractivity contribution is 5.40. The van der Waals surface area contributed by atoms with Crippen molar-refractivity contribution in [2.75, 3.05) is 19.7 Å². The Kier molecular flexibility index (Phi) is 3.23. The van der Waals surface area contributed by atoms with E-state index in [9.17, 15) is 0 Å². The summed E-state index contributed by atoms with van der Waals surface area (Å²) in [6.07, 6.45) is 1.18. The van der Waals surface area contributed by atoms with E-state index < -0.39 is 0 Å². The summed E-state index contributed by atoms with van der Waals surface area (Å²) < 4.78 is 5.76. The van der Waals surface area contributed by atoms with Gasteiger partial charge in [-0.25, -0.2) is 0 Å². The Morgan fingerprint density at radius 2 is 2.40 bits per heavy atom. The number of aliphatic hydroxyl groups is 1. The number of hydrogen-bond donors (Lipinski definition) is 2. The lowest BCUT2D eigenvalue weighted by molar-refractivity contribution is 0.219. The molecule has 0 bridgehead atoms. The highest BCUT2D eigenvalue weighted by atomic mass is 16.5. The molecule has 15 heavy (non-hydrogen) atoms. The summed E-state index contributed by atoms with van der Waals surface area (Å²) >= 11 is 0. The minimum Gasteiger partial charge on any atom is -0.488 e. The Bertz CT molecular complexity index is 338. The Morgan fingerprint density at radius 1 is 1.53 bits per heavy atom. The predicted molar refractivity (Wildman–Crippen MR) is 59.3 cm³/mol. The maximum atomic E-state index is 8.65. The largest absolute Gasteiger partial charge is 0.488 e. The molecule has 82 valence electrons. The van der Waals surface area contributed by atoms with Crippen LogP contribution >= 0.6 is 0 Å². The molecule has 2 rings (SSSR count). The lowest BCUT2D eigenvalue weighted by Crippen LogP contribution is -2.31. The van der Waals surface area contributed by atoms with Gasteiger partial charge in [-0.15, -0.1) is 0 Å². The van der Waals surface area contributed by atoms with Gasteiger partial charge < -0.3 is 15.2 Å². The maximum Gasteiger partial charge on any atom is 0.123 e. The zero-order chi connectivity index (χ0) is 10.7. The van der Waals surface area contributed by atoms with E-state index in [1.165, 1.54) is 11.1 Å². The van der Waals surface area contributed by atoms with Gasteiger partial charge in [-0.05, 0) is 18.6 Å². The smallest absolute Gasteiger partial charge is 0.123 e. The van der Waals surface area contributed by atoms with Crippen molar-refractivity contribution in [1.29, 1.82) is 0 Å². The monoisotopic (exact) mass is 207 g/mol. The topological polar surface area (TPSA) is 41.5 Å². The molecule has 1 aliphatic heterocycles. The van der Waals surface area contributed by atoms with E-state index in [1.807, 2.05) is 6.07 Å². The lowest BCUT2D eigenvalue weighted by atomic mass is 10.1. The van der Waals surface area contributed by atoms with Gasteiger partial charge in [0, 0.05) is 19.5 Å². The van der Waals surface area contributed by atoms with Crippen LogP contribution in [0.5, 0.6) is 5.75 Å². The summed E-state index contributed by atoms with van der Waals surface area (Å²) in [7, 11) is 0. The molecular formula is C12H17NO2. The molecule has 0 aromatic heterocycles. The summed E-state index contributed by atoms with van der Waals surface area (Å²) in [5.41, 5.74) is 2.58. The number of aryl methyl sites for hydroxylation is 1. The van der Waals surface area contributed by atoms with E-state index in [-0.39, 0.29) is 12.7 Å². The fraction of sp³-hybridized carbons (Fsp3) is 0.500. The molecule has 0 saturated carbocycles. The Balaban J connectivity index is 1.91. The van der Waals surface area contributed by atoms with E-state index in [1.54, 1.807) is 0 Å². The number of fused-ring (bicyclic) bond motifs is 1. The first kappa shape index (κ1) is 10.5. The summed E-state index contributed by atoms with van der Waals surface area (Å²) in [4.78, 5) is 0. The predicted octanol–water partition coefficient (Wildman–Crippen LogP) is 0.880. The van der Waals surface area contributed by atoms with Crippen LogP contribution < -0.4 is 10.1 Å². The molecule has 1 aliphatic rings. The second-order valence-corrected chi connectivity index (χ2v) is 3.98. The molecule has 1 unspecified atom stereocenters. The number of hydrogen-bond acceptors (Lipinski definition) is 3.